The molecule has 0 radical (unpaired) electrons. The Bertz CT molecular complexity index is 1150. The summed E-state index contributed by atoms with van der Waals surface area (Å²) in [6, 6.07) is 8.23. The molecule has 4 rings (SSSR count). The average molecular weight is 496 g/mol. The topological polar surface area (TPSA) is 79.8 Å². The zero-order chi connectivity index (χ0) is 20.4. The lowest BCUT2D eigenvalue weighted by Crippen LogP contribution is -2.21. The smallest absolute Gasteiger partial charge is 0.218 e. The highest BCUT2D eigenvalue weighted by Gasteiger charge is 2.38. The zero-order valence-corrected chi connectivity index (χ0v) is 18.6. The Balaban J connectivity index is 1.69. The first-order valence-corrected chi connectivity index (χ1v) is 10.8. The molecule has 1 aliphatic heterocycles. The van der Waals surface area contributed by atoms with Gasteiger partial charge in [-0.25, -0.2) is 9.97 Å². The van der Waals surface area contributed by atoms with Crippen LogP contribution in [0.1, 0.15) is 42.4 Å². The highest BCUT2D eigenvalue weighted by molar-refractivity contribution is 14.1. The predicted molar refractivity (Wildman–Crippen MR) is 122 cm³/mol. The molecule has 1 unspecified atom stereocenters. The first-order chi connectivity index (χ1) is 14.1. The third-order valence-corrected chi connectivity index (χ3v) is 6.34. The van der Waals surface area contributed by atoms with Gasteiger partial charge in [0.15, 0.2) is 5.65 Å². The van der Waals surface area contributed by atoms with E-state index in [0.29, 0.717) is 12.2 Å². The molecule has 4 heterocycles. The number of halogens is 1. The quantitative estimate of drug-likeness (QED) is 0.466. The fourth-order valence-electron chi connectivity index (χ4n) is 3.51. The normalized spacial score (nSPS) is 18.2. The summed E-state index contributed by atoms with van der Waals surface area (Å²) in [5.74, 6) is 1.05. The molecule has 0 amide bonds. The maximum absolute atomic E-state index is 9.71. The van der Waals surface area contributed by atoms with Crippen LogP contribution < -0.4 is 0 Å². The van der Waals surface area contributed by atoms with Crippen LogP contribution in [0.3, 0.4) is 0 Å². The van der Waals surface area contributed by atoms with Crippen molar-refractivity contribution in [2.45, 2.75) is 45.2 Å². The van der Waals surface area contributed by atoms with Gasteiger partial charge in [0.25, 0.3) is 0 Å². The number of nitrogens with zero attached hydrogens (tertiary/aromatic N) is 6. The van der Waals surface area contributed by atoms with Crippen LogP contribution >= 0.6 is 22.6 Å². The minimum absolute atomic E-state index is 0.647. The van der Waals surface area contributed by atoms with Crippen LogP contribution in [0.15, 0.2) is 45.2 Å². The van der Waals surface area contributed by atoms with Crippen LogP contribution in [-0.2, 0) is 18.5 Å². The molecule has 1 atom stereocenters. The number of allylic oxidation sites excluding steroid dienone is 1. The first kappa shape index (κ1) is 19.7. The molecule has 6 nitrogen and oxygen atoms in total. The van der Waals surface area contributed by atoms with Crippen molar-refractivity contribution < 1.29 is 0 Å². The van der Waals surface area contributed by atoms with E-state index < -0.39 is 5.54 Å². The van der Waals surface area contributed by atoms with Crippen molar-refractivity contribution in [1.29, 1.82) is 5.26 Å². The molecule has 7 heteroatoms. The molecule has 3 aromatic heterocycles. The van der Waals surface area contributed by atoms with Crippen LogP contribution in [0.5, 0.6) is 0 Å². The molecular weight excluding hydrogens is 475 g/mol. The van der Waals surface area contributed by atoms with Crippen molar-refractivity contribution in [3.8, 4) is 6.07 Å². The van der Waals surface area contributed by atoms with Gasteiger partial charge in [0.2, 0.25) is 5.54 Å². The molecule has 1 aliphatic rings. The lowest BCUT2D eigenvalue weighted by atomic mass is 9.97. The Morgan fingerprint density at radius 3 is 2.76 bits per heavy atom. The summed E-state index contributed by atoms with van der Waals surface area (Å²) in [4.78, 5) is 18.4. The fourth-order valence-corrected chi connectivity index (χ4v) is 4.21. The van der Waals surface area contributed by atoms with Crippen molar-refractivity contribution in [2.75, 3.05) is 0 Å². The predicted octanol–water partition coefficient (Wildman–Crippen LogP) is 4.65. The van der Waals surface area contributed by atoms with Gasteiger partial charge >= 0.3 is 0 Å². The van der Waals surface area contributed by atoms with Gasteiger partial charge in [-0.1, -0.05) is 19.4 Å². The second-order valence-corrected chi connectivity index (χ2v) is 8.35. The summed E-state index contributed by atoms with van der Waals surface area (Å²) in [6.07, 6.45) is 10.3. The van der Waals surface area contributed by atoms with Crippen LogP contribution in [0.25, 0.3) is 11.2 Å². The van der Waals surface area contributed by atoms with Crippen LogP contribution in [0, 0.1) is 18.3 Å². The summed E-state index contributed by atoms with van der Waals surface area (Å²) in [6.45, 7) is 4.90. The Kier molecular flexibility index (Phi) is 5.46. The van der Waals surface area contributed by atoms with Gasteiger partial charge < -0.3 is 4.57 Å². The number of pyridine rings is 2. The van der Waals surface area contributed by atoms with Gasteiger partial charge in [0.1, 0.15) is 17.4 Å². The Morgan fingerprint density at radius 2 is 2.10 bits per heavy atom. The van der Waals surface area contributed by atoms with E-state index in [1.807, 2.05) is 36.7 Å². The van der Waals surface area contributed by atoms with Crippen LogP contribution in [-0.4, -0.2) is 25.7 Å². The fraction of sp³-hybridized carbons (Fsp3) is 0.318. The van der Waals surface area contributed by atoms with E-state index in [1.165, 1.54) is 0 Å². The van der Waals surface area contributed by atoms with Crippen molar-refractivity contribution in [2.24, 2.45) is 4.99 Å². The Morgan fingerprint density at radius 1 is 1.24 bits per heavy atom. The van der Waals surface area contributed by atoms with Gasteiger partial charge in [0.05, 0.1) is 12.2 Å². The molecule has 0 saturated carbocycles. The summed E-state index contributed by atoms with van der Waals surface area (Å²) in [5, 5.41) is 9.71. The molecule has 146 valence electrons. The van der Waals surface area contributed by atoms with Gasteiger partial charge in [0, 0.05) is 28.6 Å². The number of fused-ring (bicyclic) bond motifs is 1. The number of nitriles is 1. The van der Waals surface area contributed by atoms with Gasteiger partial charge in [-0.05, 0) is 65.3 Å². The highest BCUT2D eigenvalue weighted by atomic mass is 127. The first-order valence-electron chi connectivity index (χ1n) is 9.68. The third kappa shape index (κ3) is 3.46. The molecular formula is C22H21IN6. The van der Waals surface area contributed by atoms with Crippen LogP contribution in [0.4, 0.5) is 0 Å². The van der Waals surface area contributed by atoms with Crippen molar-refractivity contribution >= 4 is 40.0 Å². The third-order valence-electron chi connectivity index (χ3n) is 5.20. The average Bonchev–Trinajstić information content (AvgIpc) is 3.29. The Hall–Kier alpha value is -2.60. The van der Waals surface area contributed by atoms with Crippen LogP contribution in [0.2, 0.25) is 0 Å². The van der Waals surface area contributed by atoms with E-state index in [-0.39, 0.29) is 0 Å². The van der Waals surface area contributed by atoms with E-state index in [1.54, 1.807) is 6.21 Å². The van der Waals surface area contributed by atoms with Crippen molar-refractivity contribution in [3.05, 3.63) is 62.9 Å². The lowest BCUT2D eigenvalue weighted by Gasteiger charge is -2.18. The zero-order valence-electron chi connectivity index (χ0n) is 16.4. The second kappa shape index (κ2) is 8.03. The van der Waals surface area contributed by atoms with E-state index in [9.17, 15) is 5.26 Å². The Labute approximate surface area is 183 Å². The maximum Gasteiger partial charge on any atom is 0.218 e. The lowest BCUT2D eigenvalue weighted by molar-refractivity contribution is 0.680. The molecule has 0 aromatic carbocycles. The number of unbranched alkanes of at least 4 members (excludes halogenated alkanes) is 1. The number of aromatic nitrogens is 4. The molecule has 0 spiro atoms. The van der Waals surface area contributed by atoms with Crippen molar-refractivity contribution in [1.82, 2.24) is 19.5 Å². The van der Waals surface area contributed by atoms with E-state index in [2.05, 4.69) is 62.0 Å². The monoisotopic (exact) mass is 496 g/mol. The number of aliphatic imine (C=N–C) groups is 1. The molecule has 3 aromatic rings. The van der Waals surface area contributed by atoms with E-state index >= 15 is 0 Å². The van der Waals surface area contributed by atoms with Gasteiger partial charge in [-0.2, -0.15) is 5.26 Å². The van der Waals surface area contributed by atoms with Crippen molar-refractivity contribution in [3.63, 3.8) is 0 Å². The standard InChI is InChI=1S/C22H21IN6/c1-3-4-5-19-28-20-15(2)8-10-25-21(20)29(19)13-16-6-7-18(26-12-16)22(14-24)17(23)9-11-27-22/h6-12H,3-5,13H2,1-2H3. The summed E-state index contributed by atoms with van der Waals surface area (Å²) >= 11 is 2.16. The molecule has 0 bridgehead atoms. The largest absolute Gasteiger partial charge is 0.308 e. The summed E-state index contributed by atoms with van der Waals surface area (Å²) < 4.78 is 3.05. The molecule has 0 saturated heterocycles. The van der Waals surface area contributed by atoms with Gasteiger partial charge in [-0.3, -0.25) is 9.98 Å². The number of imidazole rings is 1. The number of hydrogen-bond acceptors (Lipinski definition) is 5. The maximum atomic E-state index is 9.71. The molecule has 0 aliphatic carbocycles. The van der Waals surface area contributed by atoms with E-state index in [0.717, 1.165) is 51.0 Å². The second-order valence-electron chi connectivity index (χ2n) is 7.18. The molecule has 0 N–H and O–H groups in total. The SMILES string of the molecule is CCCCc1nc2c(C)ccnc2n1Cc1ccc(C2(C#N)N=CC=C2I)nc1. The number of aryl methyl sites for hydroxylation is 2. The summed E-state index contributed by atoms with van der Waals surface area (Å²) in [7, 11) is 0. The summed E-state index contributed by atoms with van der Waals surface area (Å²) in [5.41, 5.74) is 3.69. The minimum Gasteiger partial charge on any atom is -0.308 e. The molecule has 0 fully saturated rings. The number of hydrogen-bond donors (Lipinski definition) is 0. The highest BCUT2D eigenvalue weighted by Crippen LogP contribution is 2.38. The van der Waals surface area contributed by atoms with E-state index in [4.69, 9.17) is 4.98 Å². The minimum atomic E-state index is -1.01. The molecule has 29 heavy (non-hydrogen) atoms. The number of rotatable bonds is 6. The van der Waals surface area contributed by atoms with Gasteiger partial charge in [-0.15, -0.1) is 0 Å².